The molecule has 1 spiro atoms. The van der Waals surface area contributed by atoms with Crippen molar-refractivity contribution < 1.29 is 4.74 Å². The van der Waals surface area contributed by atoms with Crippen LogP contribution >= 0.6 is 0 Å². The van der Waals surface area contributed by atoms with Crippen LogP contribution in [0.5, 0.6) is 0 Å². The lowest BCUT2D eigenvalue weighted by molar-refractivity contribution is -0.116. The molecule has 4 heterocycles. The third-order valence-corrected chi connectivity index (χ3v) is 5.00. The third kappa shape index (κ3) is 3.30. The Hall–Kier alpha value is -1.92. The zero-order valence-corrected chi connectivity index (χ0v) is 14.3. The molecule has 2 fully saturated rings. The van der Waals surface area contributed by atoms with Gasteiger partial charge in [0.1, 0.15) is 5.82 Å². The van der Waals surface area contributed by atoms with Gasteiger partial charge in [-0.25, -0.2) is 4.98 Å². The van der Waals surface area contributed by atoms with Gasteiger partial charge in [0.05, 0.1) is 18.4 Å². The summed E-state index contributed by atoms with van der Waals surface area (Å²) >= 11 is 0. The van der Waals surface area contributed by atoms with Crippen molar-refractivity contribution in [2.75, 3.05) is 37.7 Å². The summed E-state index contributed by atoms with van der Waals surface area (Å²) in [5.41, 5.74) is 1.20. The number of anilines is 1. The highest BCUT2D eigenvalue weighted by Gasteiger charge is 2.40. The van der Waals surface area contributed by atoms with Gasteiger partial charge in [0.25, 0.3) is 0 Å². The normalized spacial score (nSPS) is 25.3. The molecule has 0 N–H and O–H groups in total. The Bertz CT molecular complexity index is 669. The smallest absolute Gasteiger partial charge is 0.128 e. The van der Waals surface area contributed by atoms with Crippen molar-refractivity contribution in [1.82, 2.24) is 19.7 Å². The number of pyridine rings is 1. The maximum Gasteiger partial charge on any atom is 0.128 e. The molecule has 2 saturated heterocycles. The largest absolute Gasteiger partial charge is 0.370 e. The Morgan fingerprint density at radius 1 is 1.25 bits per heavy atom. The van der Waals surface area contributed by atoms with Crippen molar-refractivity contribution in [3.8, 4) is 0 Å². The average molecular weight is 327 g/mol. The number of aryl methyl sites for hydroxylation is 1. The number of ether oxygens (including phenoxy) is 1. The second-order valence-electron chi connectivity index (χ2n) is 6.98. The zero-order valence-electron chi connectivity index (χ0n) is 14.3. The van der Waals surface area contributed by atoms with Crippen LogP contribution in [0, 0.1) is 0 Å². The van der Waals surface area contributed by atoms with Gasteiger partial charge >= 0.3 is 0 Å². The van der Waals surface area contributed by atoms with Crippen LogP contribution in [-0.2, 0) is 18.3 Å². The maximum absolute atomic E-state index is 6.30. The molecule has 4 rings (SSSR count). The van der Waals surface area contributed by atoms with Crippen molar-refractivity contribution in [2.45, 2.75) is 25.0 Å². The third-order valence-electron chi connectivity index (χ3n) is 5.00. The fraction of sp³-hybridized carbons (Fsp3) is 0.556. The fourth-order valence-corrected chi connectivity index (χ4v) is 3.95. The van der Waals surface area contributed by atoms with E-state index in [1.165, 1.54) is 5.56 Å². The molecule has 2 aromatic rings. The number of aromatic nitrogens is 3. The van der Waals surface area contributed by atoms with E-state index in [0.717, 1.165) is 58.0 Å². The minimum absolute atomic E-state index is 0.0732. The summed E-state index contributed by atoms with van der Waals surface area (Å²) in [6.07, 6.45) is 8.20. The zero-order chi connectivity index (χ0) is 16.4. The first-order chi connectivity index (χ1) is 11.7. The standard InChI is InChI=1S/C18H25N5O/c1-21-12-16(11-20-21)13-22-9-10-24-18(14-22)6-4-8-23(15-18)17-5-2-3-7-19-17/h2-3,5,7,11-12H,4,6,8-10,13-15H2,1H3/t18-/m0/s1. The predicted octanol–water partition coefficient (Wildman–Crippen LogP) is 1.69. The van der Waals surface area contributed by atoms with E-state index in [2.05, 4.69) is 38.2 Å². The Morgan fingerprint density at radius 2 is 2.21 bits per heavy atom. The number of hydrogen-bond donors (Lipinski definition) is 0. The van der Waals surface area contributed by atoms with Crippen LogP contribution in [0.25, 0.3) is 0 Å². The molecule has 6 nitrogen and oxygen atoms in total. The molecular weight excluding hydrogens is 302 g/mol. The first-order valence-electron chi connectivity index (χ1n) is 8.72. The summed E-state index contributed by atoms with van der Waals surface area (Å²) in [5, 5.41) is 4.28. The highest BCUT2D eigenvalue weighted by atomic mass is 16.5. The Labute approximate surface area is 143 Å². The topological polar surface area (TPSA) is 46.4 Å². The lowest BCUT2D eigenvalue weighted by atomic mass is 9.90. The van der Waals surface area contributed by atoms with Crippen molar-refractivity contribution in [3.05, 3.63) is 42.4 Å². The first-order valence-corrected chi connectivity index (χ1v) is 8.72. The van der Waals surface area contributed by atoms with Gasteiger partial charge < -0.3 is 9.64 Å². The molecule has 0 amide bonds. The average Bonchev–Trinajstić information content (AvgIpc) is 3.01. The molecule has 24 heavy (non-hydrogen) atoms. The molecule has 2 aliphatic heterocycles. The summed E-state index contributed by atoms with van der Waals surface area (Å²) in [4.78, 5) is 9.39. The highest BCUT2D eigenvalue weighted by Crippen LogP contribution is 2.31. The van der Waals surface area contributed by atoms with Crippen molar-refractivity contribution in [2.24, 2.45) is 7.05 Å². The molecule has 0 unspecified atom stereocenters. The van der Waals surface area contributed by atoms with Crippen LogP contribution in [0.2, 0.25) is 0 Å². The van der Waals surface area contributed by atoms with Gasteiger partial charge in [-0.15, -0.1) is 0 Å². The number of morpholine rings is 1. The van der Waals surface area contributed by atoms with Crippen LogP contribution in [0.1, 0.15) is 18.4 Å². The molecule has 2 aliphatic rings. The molecule has 128 valence electrons. The van der Waals surface area contributed by atoms with Gasteiger partial charge in [0.2, 0.25) is 0 Å². The SMILES string of the molecule is Cn1cc(CN2CCO[C@@]3(CCCN(c4ccccn4)C3)C2)cn1. The fourth-order valence-electron chi connectivity index (χ4n) is 3.95. The lowest BCUT2D eigenvalue weighted by Gasteiger charge is -2.48. The summed E-state index contributed by atoms with van der Waals surface area (Å²) in [5.74, 6) is 1.06. The summed E-state index contributed by atoms with van der Waals surface area (Å²) in [6, 6.07) is 6.12. The Balaban J connectivity index is 1.45. The van der Waals surface area contributed by atoms with E-state index >= 15 is 0 Å². The van der Waals surface area contributed by atoms with Gasteiger partial charge in [-0.3, -0.25) is 9.58 Å². The van der Waals surface area contributed by atoms with Crippen LogP contribution in [0.15, 0.2) is 36.8 Å². The molecular formula is C18H25N5O. The predicted molar refractivity (Wildman–Crippen MR) is 92.9 cm³/mol. The summed E-state index contributed by atoms with van der Waals surface area (Å²) < 4.78 is 8.17. The van der Waals surface area contributed by atoms with Crippen LogP contribution in [-0.4, -0.2) is 58.1 Å². The van der Waals surface area contributed by atoms with E-state index < -0.39 is 0 Å². The second-order valence-corrected chi connectivity index (χ2v) is 6.98. The van der Waals surface area contributed by atoms with Crippen molar-refractivity contribution in [3.63, 3.8) is 0 Å². The molecule has 0 aliphatic carbocycles. The van der Waals surface area contributed by atoms with Gasteiger partial charge in [-0.1, -0.05) is 6.07 Å². The monoisotopic (exact) mass is 327 g/mol. The number of rotatable bonds is 3. The van der Waals surface area contributed by atoms with E-state index in [1.807, 2.05) is 30.2 Å². The van der Waals surface area contributed by atoms with Crippen LogP contribution in [0.4, 0.5) is 5.82 Å². The van der Waals surface area contributed by atoms with E-state index in [-0.39, 0.29) is 5.60 Å². The maximum atomic E-state index is 6.30. The van der Waals surface area contributed by atoms with Gasteiger partial charge in [0.15, 0.2) is 0 Å². The van der Waals surface area contributed by atoms with E-state index in [1.54, 1.807) is 0 Å². The molecule has 0 bridgehead atoms. The molecule has 1 atom stereocenters. The first kappa shape index (κ1) is 15.6. The molecule has 2 aromatic heterocycles. The number of piperidine rings is 1. The summed E-state index contributed by atoms with van der Waals surface area (Å²) in [7, 11) is 1.97. The van der Waals surface area contributed by atoms with Crippen molar-refractivity contribution >= 4 is 5.82 Å². The molecule has 0 radical (unpaired) electrons. The Kier molecular flexibility index (Phi) is 4.24. The Morgan fingerprint density at radius 3 is 3.00 bits per heavy atom. The minimum Gasteiger partial charge on any atom is -0.370 e. The van der Waals surface area contributed by atoms with Crippen LogP contribution in [0.3, 0.4) is 0 Å². The van der Waals surface area contributed by atoms with E-state index in [4.69, 9.17) is 4.74 Å². The van der Waals surface area contributed by atoms with Crippen LogP contribution < -0.4 is 4.90 Å². The van der Waals surface area contributed by atoms with Crippen molar-refractivity contribution in [1.29, 1.82) is 0 Å². The van der Waals surface area contributed by atoms with E-state index in [0.29, 0.717) is 0 Å². The summed E-state index contributed by atoms with van der Waals surface area (Å²) in [6.45, 7) is 5.70. The number of nitrogens with zero attached hydrogens (tertiary/aromatic N) is 5. The minimum atomic E-state index is -0.0732. The van der Waals surface area contributed by atoms with E-state index in [9.17, 15) is 0 Å². The van der Waals surface area contributed by atoms with Gasteiger partial charge in [0, 0.05) is 57.7 Å². The highest BCUT2D eigenvalue weighted by molar-refractivity contribution is 5.39. The molecule has 0 aromatic carbocycles. The molecule has 0 saturated carbocycles. The van der Waals surface area contributed by atoms with Gasteiger partial charge in [-0.05, 0) is 25.0 Å². The van der Waals surface area contributed by atoms with Gasteiger partial charge in [-0.2, -0.15) is 5.10 Å². The number of hydrogen-bond acceptors (Lipinski definition) is 5. The second kappa shape index (κ2) is 6.53. The quantitative estimate of drug-likeness (QED) is 0.858. The lowest BCUT2D eigenvalue weighted by Crippen LogP contribution is -2.59. The molecule has 6 heteroatoms.